The van der Waals surface area contributed by atoms with Gasteiger partial charge in [-0.2, -0.15) is 0 Å². The summed E-state index contributed by atoms with van der Waals surface area (Å²) in [4.78, 5) is 20.3. The molecule has 0 radical (unpaired) electrons. The van der Waals surface area contributed by atoms with Gasteiger partial charge in [-0.25, -0.2) is 9.67 Å². The number of carbonyl (C=O) groups excluding carboxylic acids is 1. The van der Waals surface area contributed by atoms with Crippen LogP contribution in [0.15, 0.2) is 24.4 Å². The Morgan fingerprint density at radius 2 is 2.13 bits per heavy atom. The van der Waals surface area contributed by atoms with Crippen molar-refractivity contribution in [2.75, 3.05) is 13.7 Å². The molecule has 3 heterocycles. The highest BCUT2D eigenvalue weighted by molar-refractivity contribution is 7.18. The first kappa shape index (κ1) is 20.4. The average Bonchev–Trinajstić information content (AvgIpc) is 3.15. The standard InChI is InChI=1S/C22H27N5O3S/c1-12(2)20(27-11-17(24-25-27)13-4-5-13)22(29)26-10-14(28)8-18(26)21-23-16-7-6-15(30-3)9-19(16)31-21/h6-7,9,11-14,18,20,28H,4-5,8,10H2,1-3H3. The Hall–Kier alpha value is -2.52. The Balaban J connectivity index is 1.45. The van der Waals surface area contributed by atoms with Crippen LogP contribution < -0.4 is 4.74 Å². The highest BCUT2D eigenvalue weighted by Crippen LogP contribution is 2.41. The average molecular weight is 442 g/mol. The van der Waals surface area contributed by atoms with Crippen LogP contribution in [0.4, 0.5) is 0 Å². The number of β-amino-alcohol motifs (C(OH)–C–C–N with tert-alkyl or cyclic N) is 1. The number of methoxy groups -OCH3 is 1. The SMILES string of the molecule is COc1ccc2nc(C3CC(O)CN3C(=O)C(C(C)C)n3cc(C4CC4)nn3)sc2c1. The van der Waals surface area contributed by atoms with Gasteiger partial charge in [0.1, 0.15) is 16.8 Å². The Bertz CT molecular complexity index is 1110. The van der Waals surface area contributed by atoms with E-state index in [2.05, 4.69) is 10.3 Å². The van der Waals surface area contributed by atoms with Crippen molar-refractivity contribution in [3.63, 3.8) is 0 Å². The van der Waals surface area contributed by atoms with Crippen molar-refractivity contribution in [1.82, 2.24) is 24.9 Å². The molecular formula is C22H27N5O3S. The fourth-order valence-electron chi connectivity index (χ4n) is 4.35. The molecule has 164 valence electrons. The zero-order valence-electron chi connectivity index (χ0n) is 17.9. The number of nitrogens with zero attached hydrogens (tertiary/aromatic N) is 5. The van der Waals surface area contributed by atoms with Gasteiger partial charge in [0.2, 0.25) is 5.91 Å². The molecule has 5 rings (SSSR count). The molecule has 3 aromatic rings. The molecule has 8 nitrogen and oxygen atoms in total. The van der Waals surface area contributed by atoms with Crippen LogP contribution >= 0.6 is 11.3 Å². The molecule has 0 bridgehead atoms. The van der Waals surface area contributed by atoms with Crippen molar-refractivity contribution in [2.45, 2.75) is 57.2 Å². The number of hydrogen-bond donors (Lipinski definition) is 1. The van der Waals surface area contributed by atoms with Gasteiger partial charge in [0.05, 0.1) is 35.2 Å². The number of likely N-dealkylation sites (tertiary alicyclic amines) is 1. The number of aliphatic hydroxyl groups is 1. The van der Waals surface area contributed by atoms with Crippen LogP contribution in [0.25, 0.3) is 10.2 Å². The predicted octanol–water partition coefficient (Wildman–Crippen LogP) is 3.31. The first-order valence-electron chi connectivity index (χ1n) is 10.8. The van der Waals surface area contributed by atoms with Crippen LogP contribution in [0.2, 0.25) is 0 Å². The summed E-state index contributed by atoms with van der Waals surface area (Å²) in [7, 11) is 1.64. The van der Waals surface area contributed by atoms with Crippen molar-refractivity contribution in [3.8, 4) is 5.75 Å². The lowest BCUT2D eigenvalue weighted by atomic mass is 10.0. The maximum Gasteiger partial charge on any atom is 0.248 e. The van der Waals surface area contributed by atoms with Gasteiger partial charge < -0.3 is 14.7 Å². The molecule has 1 aliphatic carbocycles. The van der Waals surface area contributed by atoms with Gasteiger partial charge in [-0.05, 0) is 37.0 Å². The highest BCUT2D eigenvalue weighted by atomic mass is 32.1. The third-order valence-electron chi connectivity index (χ3n) is 6.15. The fraction of sp³-hybridized carbons (Fsp3) is 0.545. The molecule has 9 heteroatoms. The van der Waals surface area contributed by atoms with Crippen LogP contribution in [0.5, 0.6) is 5.75 Å². The smallest absolute Gasteiger partial charge is 0.248 e. The summed E-state index contributed by atoms with van der Waals surface area (Å²) < 4.78 is 8.04. The topological polar surface area (TPSA) is 93.4 Å². The van der Waals surface area contributed by atoms with E-state index in [1.54, 1.807) is 28.0 Å². The first-order chi connectivity index (χ1) is 14.9. The van der Waals surface area contributed by atoms with Crippen molar-refractivity contribution >= 4 is 27.5 Å². The Labute approximate surface area is 184 Å². The van der Waals surface area contributed by atoms with Crippen LogP contribution in [0.3, 0.4) is 0 Å². The van der Waals surface area contributed by atoms with Crippen LogP contribution in [-0.2, 0) is 4.79 Å². The molecule has 1 N–H and O–H groups in total. The summed E-state index contributed by atoms with van der Waals surface area (Å²) in [5.74, 6) is 1.26. The lowest BCUT2D eigenvalue weighted by molar-refractivity contribution is -0.137. The lowest BCUT2D eigenvalue weighted by Crippen LogP contribution is -2.40. The molecule has 31 heavy (non-hydrogen) atoms. The minimum Gasteiger partial charge on any atom is -0.497 e. The van der Waals surface area contributed by atoms with Crippen LogP contribution in [0, 0.1) is 5.92 Å². The number of thiazole rings is 1. The highest BCUT2D eigenvalue weighted by Gasteiger charge is 2.41. The van der Waals surface area contributed by atoms with Crippen molar-refractivity contribution < 1.29 is 14.6 Å². The molecule has 1 aliphatic heterocycles. The van der Waals surface area contributed by atoms with Gasteiger partial charge >= 0.3 is 0 Å². The Morgan fingerprint density at radius 1 is 1.32 bits per heavy atom. The van der Waals surface area contributed by atoms with E-state index in [1.165, 1.54) is 0 Å². The van der Waals surface area contributed by atoms with Gasteiger partial charge in [0.25, 0.3) is 0 Å². The lowest BCUT2D eigenvalue weighted by Gasteiger charge is -2.29. The minimum absolute atomic E-state index is 0.0410. The molecular weight excluding hydrogens is 414 g/mol. The van der Waals surface area contributed by atoms with Gasteiger partial charge in [0, 0.05) is 25.1 Å². The van der Waals surface area contributed by atoms with E-state index in [1.807, 2.05) is 38.2 Å². The number of fused-ring (bicyclic) bond motifs is 1. The summed E-state index contributed by atoms with van der Waals surface area (Å²) in [5, 5.41) is 19.9. The molecule has 2 fully saturated rings. The number of aromatic nitrogens is 4. The van der Waals surface area contributed by atoms with Crippen molar-refractivity contribution in [3.05, 3.63) is 35.1 Å². The third kappa shape index (κ3) is 3.80. The summed E-state index contributed by atoms with van der Waals surface area (Å²) in [5.41, 5.74) is 1.84. The van der Waals surface area contributed by atoms with E-state index in [0.29, 0.717) is 18.9 Å². The maximum absolute atomic E-state index is 13.7. The molecule has 1 saturated carbocycles. The summed E-state index contributed by atoms with van der Waals surface area (Å²) in [6.07, 6.45) is 4.12. The molecule has 2 aliphatic rings. The normalized spacial score (nSPS) is 22.4. The van der Waals surface area contributed by atoms with E-state index in [4.69, 9.17) is 9.72 Å². The molecule has 1 saturated heterocycles. The summed E-state index contributed by atoms with van der Waals surface area (Å²) in [6, 6.07) is 5.06. The zero-order chi connectivity index (χ0) is 21.7. The van der Waals surface area contributed by atoms with Crippen molar-refractivity contribution in [2.24, 2.45) is 5.92 Å². The second kappa shape index (κ2) is 7.87. The third-order valence-corrected chi connectivity index (χ3v) is 7.27. The molecule has 3 atom stereocenters. The number of aliphatic hydroxyl groups excluding tert-OH is 1. The monoisotopic (exact) mass is 441 g/mol. The van der Waals surface area contributed by atoms with E-state index in [9.17, 15) is 9.90 Å². The van der Waals surface area contributed by atoms with Crippen LogP contribution in [-0.4, -0.2) is 55.6 Å². The van der Waals surface area contributed by atoms with Gasteiger partial charge in [-0.15, -0.1) is 16.4 Å². The number of carbonyl (C=O) groups is 1. The largest absolute Gasteiger partial charge is 0.497 e. The van der Waals surface area contributed by atoms with E-state index in [0.717, 1.165) is 39.5 Å². The second-order valence-corrected chi connectivity index (χ2v) is 9.93. The first-order valence-corrected chi connectivity index (χ1v) is 11.6. The number of amides is 1. The second-order valence-electron chi connectivity index (χ2n) is 8.87. The predicted molar refractivity (Wildman–Crippen MR) is 117 cm³/mol. The number of rotatable bonds is 6. The summed E-state index contributed by atoms with van der Waals surface area (Å²) >= 11 is 1.55. The molecule has 1 amide bonds. The van der Waals surface area contributed by atoms with Gasteiger partial charge in [0.15, 0.2) is 0 Å². The van der Waals surface area contributed by atoms with E-state index >= 15 is 0 Å². The van der Waals surface area contributed by atoms with Gasteiger partial charge in [-0.1, -0.05) is 19.1 Å². The minimum atomic E-state index is -0.568. The molecule has 1 aromatic carbocycles. The van der Waals surface area contributed by atoms with Gasteiger partial charge in [-0.3, -0.25) is 4.79 Å². The zero-order valence-corrected chi connectivity index (χ0v) is 18.7. The molecule has 2 aromatic heterocycles. The fourth-order valence-corrected chi connectivity index (χ4v) is 5.47. The summed E-state index contributed by atoms with van der Waals surface area (Å²) in [6.45, 7) is 4.34. The van der Waals surface area contributed by atoms with E-state index in [-0.39, 0.29) is 17.9 Å². The number of hydrogen-bond acceptors (Lipinski definition) is 7. The van der Waals surface area contributed by atoms with Crippen LogP contribution in [0.1, 0.15) is 61.8 Å². The molecule has 0 spiro atoms. The number of ether oxygens (including phenoxy) is 1. The molecule has 3 unspecified atom stereocenters. The maximum atomic E-state index is 13.7. The number of benzene rings is 1. The van der Waals surface area contributed by atoms with E-state index < -0.39 is 12.1 Å². The Morgan fingerprint density at radius 3 is 2.84 bits per heavy atom. The van der Waals surface area contributed by atoms with Crippen molar-refractivity contribution in [1.29, 1.82) is 0 Å². The Kier molecular flexibility index (Phi) is 5.18. The quantitative estimate of drug-likeness (QED) is 0.631.